The van der Waals surface area contributed by atoms with E-state index in [9.17, 15) is 9.90 Å². The molecule has 22 heavy (non-hydrogen) atoms. The van der Waals surface area contributed by atoms with Gasteiger partial charge in [-0.05, 0) is 42.8 Å². The second-order valence-corrected chi connectivity index (χ2v) is 4.83. The number of methoxy groups -OCH3 is 2. The van der Waals surface area contributed by atoms with Crippen LogP contribution in [0.2, 0.25) is 0 Å². The zero-order chi connectivity index (χ0) is 16.1. The first-order chi connectivity index (χ1) is 10.5. The number of amides is 1. The van der Waals surface area contributed by atoms with Gasteiger partial charge in [-0.3, -0.25) is 4.79 Å². The Kier molecular flexibility index (Phi) is 5.01. The van der Waals surface area contributed by atoms with Crippen LogP contribution in [-0.2, 0) is 0 Å². The van der Waals surface area contributed by atoms with Crippen molar-refractivity contribution in [3.63, 3.8) is 0 Å². The van der Waals surface area contributed by atoms with E-state index in [1.165, 1.54) is 7.11 Å². The van der Waals surface area contributed by atoms with Crippen LogP contribution in [0.15, 0.2) is 42.5 Å². The van der Waals surface area contributed by atoms with Crippen molar-refractivity contribution >= 4 is 11.6 Å². The van der Waals surface area contributed by atoms with Crippen LogP contribution in [-0.4, -0.2) is 25.2 Å². The summed E-state index contributed by atoms with van der Waals surface area (Å²) in [6, 6.07) is 12.1. The highest BCUT2D eigenvalue weighted by molar-refractivity contribution is 6.04. The van der Waals surface area contributed by atoms with Gasteiger partial charge in [0.25, 0.3) is 5.91 Å². The van der Waals surface area contributed by atoms with Crippen molar-refractivity contribution < 1.29 is 19.4 Å². The average Bonchev–Trinajstić information content (AvgIpc) is 2.54. The molecule has 0 aliphatic rings. The minimum absolute atomic E-state index is 0.260. The van der Waals surface area contributed by atoms with E-state index in [1.54, 1.807) is 56.5 Å². The fourth-order valence-corrected chi connectivity index (χ4v) is 2.06. The van der Waals surface area contributed by atoms with Crippen molar-refractivity contribution in [3.05, 3.63) is 53.6 Å². The number of benzene rings is 2. The first kappa shape index (κ1) is 15.9. The summed E-state index contributed by atoms with van der Waals surface area (Å²) in [7, 11) is 3.06. The molecule has 0 spiro atoms. The molecule has 0 aliphatic carbocycles. The summed E-state index contributed by atoms with van der Waals surface area (Å²) in [6.45, 7) is 1.68. The van der Waals surface area contributed by atoms with Gasteiger partial charge in [0.1, 0.15) is 0 Å². The molecule has 2 aromatic rings. The fourth-order valence-electron chi connectivity index (χ4n) is 2.06. The van der Waals surface area contributed by atoms with E-state index in [-0.39, 0.29) is 5.91 Å². The Morgan fingerprint density at radius 3 is 2.45 bits per heavy atom. The predicted octanol–water partition coefficient (Wildman–Crippen LogP) is 3.01. The van der Waals surface area contributed by atoms with Gasteiger partial charge >= 0.3 is 0 Å². The fraction of sp³-hybridized carbons (Fsp3) is 0.235. The molecule has 2 aromatic carbocycles. The maximum atomic E-state index is 12.3. The smallest absolute Gasteiger partial charge is 0.255 e. The number of rotatable bonds is 5. The molecule has 2 N–H and O–H groups in total. The van der Waals surface area contributed by atoms with Gasteiger partial charge < -0.3 is 19.9 Å². The molecule has 2 rings (SSSR count). The first-order valence-corrected chi connectivity index (χ1v) is 6.86. The van der Waals surface area contributed by atoms with E-state index in [0.29, 0.717) is 22.7 Å². The second kappa shape index (κ2) is 6.95. The number of aliphatic hydroxyl groups is 1. The first-order valence-electron chi connectivity index (χ1n) is 6.86. The topological polar surface area (TPSA) is 67.8 Å². The predicted molar refractivity (Wildman–Crippen MR) is 84.6 cm³/mol. The van der Waals surface area contributed by atoms with Gasteiger partial charge in [0.05, 0.1) is 20.3 Å². The summed E-state index contributed by atoms with van der Waals surface area (Å²) in [5.41, 5.74) is 1.82. The van der Waals surface area contributed by atoms with E-state index in [1.807, 2.05) is 0 Å². The third kappa shape index (κ3) is 3.56. The minimum Gasteiger partial charge on any atom is -0.493 e. The maximum absolute atomic E-state index is 12.3. The SMILES string of the molecule is COc1ccc(C(=O)Nc2cccc([C@@H](C)O)c2)cc1OC. The lowest BCUT2D eigenvalue weighted by Crippen LogP contribution is -2.12. The largest absolute Gasteiger partial charge is 0.493 e. The second-order valence-electron chi connectivity index (χ2n) is 4.83. The van der Waals surface area contributed by atoms with Gasteiger partial charge in [0.2, 0.25) is 0 Å². The monoisotopic (exact) mass is 301 g/mol. The molecule has 0 saturated heterocycles. The van der Waals surface area contributed by atoms with E-state index < -0.39 is 6.10 Å². The van der Waals surface area contributed by atoms with Crippen LogP contribution in [0.3, 0.4) is 0 Å². The van der Waals surface area contributed by atoms with E-state index >= 15 is 0 Å². The van der Waals surface area contributed by atoms with Crippen molar-refractivity contribution in [2.24, 2.45) is 0 Å². The van der Waals surface area contributed by atoms with Gasteiger partial charge in [0.15, 0.2) is 11.5 Å². The standard InChI is InChI=1S/C17H19NO4/c1-11(19)12-5-4-6-14(9-12)18-17(20)13-7-8-15(21-2)16(10-13)22-3/h4-11,19H,1-3H3,(H,18,20)/t11-/m1/s1. The molecular weight excluding hydrogens is 282 g/mol. The quantitative estimate of drug-likeness (QED) is 0.891. The molecular formula is C17H19NO4. The zero-order valence-corrected chi connectivity index (χ0v) is 12.8. The van der Waals surface area contributed by atoms with E-state index in [4.69, 9.17) is 9.47 Å². The highest BCUT2D eigenvalue weighted by Gasteiger charge is 2.11. The summed E-state index contributed by atoms with van der Waals surface area (Å²) in [4.78, 5) is 12.3. The Labute approximate surface area is 129 Å². The molecule has 0 radical (unpaired) electrons. The molecule has 1 atom stereocenters. The highest BCUT2D eigenvalue weighted by Crippen LogP contribution is 2.28. The van der Waals surface area contributed by atoms with Crippen molar-refractivity contribution in [2.75, 3.05) is 19.5 Å². The molecule has 5 heteroatoms. The number of anilines is 1. The third-order valence-corrected chi connectivity index (χ3v) is 3.27. The van der Waals surface area contributed by atoms with Gasteiger partial charge in [-0.25, -0.2) is 0 Å². The molecule has 116 valence electrons. The Morgan fingerprint density at radius 1 is 1.09 bits per heavy atom. The number of carbonyl (C=O) groups is 1. The Bertz CT molecular complexity index is 667. The van der Waals surface area contributed by atoms with Gasteiger partial charge in [-0.1, -0.05) is 12.1 Å². The molecule has 0 unspecified atom stereocenters. The van der Waals surface area contributed by atoms with Crippen LogP contribution in [0.25, 0.3) is 0 Å². The van der Waals surface area contributed by atoms with E-state index in [0.717, 1.165) is 5.56 Å². The number of hydrogen-bond acceptors (Lipinski definition) is 4. The van der Waals surface area contributed by atoms with E-state index in [2.05, 4.69) is 5.32 Å². The average molecular weight is 301 g/mol. The molecule has 0 saturated carbocycles. The Morgan fingerprint density at radius 2 is 1.82 bits per heavy atom. The van der Waals surface area contributed by atoms with Crippen molar-refractivity contribution in [3.8, 4) is 11.5 Å². The molecule has 0 aliphatic heterocycles. The number of nitrogens with one attached hydrogen (secondary N) is 1. The Hall–Kier alpha value is -2.53. The number of hydrogen-bond donors (Lipinski definition) is 2. The Balaban J connectivity index is 2.20. The van der Waals surface area contributed by atoms with Crippen LogP contribution < -0.4 is 14.8 Å². The van der Waals surface area contributed by atoms with Crippen LogP contribution in [0.5, 0.6) is 11.5 Å². The van der Waals surface area contributed by atoms with Gasteiger partial charge in [0, 0.05) is 11.3 Å². The molecule has 5 nitrogen and oxygen atoms in total. The summed E-state index contributed by atoms with van der Waals surface area (Å²) in [5.74, 6) is 0.798. The van der Waals surface area contributed by atoms with Crippen molar-refractivity contribution in [1.82, 2.24) is 0 Å². The number of aliphatic hydroxyl groups excluding tert-OH is 1. The number of carbonyl (C=O) groups excluding carboxylic acids is 1. The van der Waals surface area contributed by atoms with Crippen LogP contribution in [0.1, 0.15) is 28.9 Å². The van der Waals surface area contributed by atoms with Crippen LogP contribution >= 0.6 is 0 Å². The summed E-state index contributed by atoms with van der Waals surface area (Å²) >= 11 is 0. The molecule has 0 bridgehead atoms. The summed E-state index contributed by atoms with van der Waals surface area (Å²) < 4.78 is 10.3. The summed E-state index contributed by atoms with van der Waals surface area (Å²) in [6.07, 6.45) is -0.585. The zero-order valence-electron chi connectivity index (χ0n) is 12.8. The molecule has 0 fully saturated rings. The lowest BCUT2D eigenvalue weighted by atomic mass is 10.1. The molecule has 1 amide bonds. The molecule has 0 aromatic heterocycles. The maximum Gasteiger partial charge on any atom is 0.255 e. The minimum atomic E-state index is -0.585. The number of ether oxygens (including phenoxy) is 2. The van der Waals surface area contributed by atoms with Crippen LogP contribution in [0, 0.1) is 0 Å². The summed E-state index contributed by atoms with van der Waals surface area (Å²) in [5, 5.41) is 12.4. The third-order valence-electron chi connectivity index (χ3n) is 3.27. The normalized spacial score (nSPS) is 11.6. The molecule has 0 heterocycles. The van der Waals surface area contributed by atoms with Crippen molar-refractivity contribution in [2.45, 2.75) is 13.0 Å². The van der Waals surface area contributed by atoms with Gasteiger partial charge in [-0.2, -0.15) is 0 Å². The van der Waals surface area contributed by atoms with Crippen LogP contribution in [0.4, 0.5) is 5.69 Å². The highest BCUT2D eigenvalue weighted by atomic mass is 16.5. The van der Waals surface area contributed by atoms with Gasteiger partial charge in [-0.15, -0.1) is 0 Å². The lowest BCUT2D eigenvalue weighted by molar-refractivity contribution is 0.102. The van der Waals surface area contributed by atoms with Crippen molar-refractivity contribution in [1.29, 1.82) is 0 Å². The lowest BCUT2D eigenvalue weighted by Gasteiger charge is -2.11.